The second-order valence-electron chi connectivity index (χ2n) is 4.59. The van der Waals surface area contributed by atoms with Crippen LogP contribution in [0.25, 0.3) is 0 Å². The van der Waals surface area contributed by atoms with Crippen LogP contribution in [0.15, 0.2) is 24.3 Å². The molecule has 0 spiro atoms. The Bertz CT molecular complexity index is 344. The molecule has 1 N–H and O–H groups in total. The molecule has 1 saturated carbocycles. The monoisotopic (exact) mass is 218 g/mol. The molecule has 1 aliphatic rings. The maximum Gasteiger partial charge on any atom is 0.0417 e. The number of para-hydroxylation sites is 1. The van der Waals surface area contributed by atoms with Crippen molar-refractivity contribution >= 4 is 5.69 Å². The molecule has 1 atom stereocenters. The van der Waals surface area contributed by atoms with E-state index in [1.807, 2.05) is 7.05 Å². The Morgan fingerprint density at radius 3 is 2.62 bits per heavy atom. The summed E-state index contributed by atoms with van der Waals surface area (Å²) in [6.45, 7) is 5.58. The molecule has 0 radical (unpaired) electrons. The molecule has 2 nitrogen and oxygen atoms in total. The minimum absolute atomic E-state index is 0.420. The highest BCUT2D eigenvalue weighted by molar-refractivity contribution is 5.56. The van der Waals surface area contributed by atoms with E-state index in [9.17, 15) is 0 Å². The Morgan fingerprint density at radius 1 is 1.38 bits per heavy atom. The first-order chi connectivity index (χ1) is 7.77. The van der Waals surface area contributed by atoms with Gasteiger partial charge in [-0.15, -0.1) is 0 Å². The molecule has 16 heavy (non-hydrogen) atoms. The topological polar surface area (TPSA) is 15.3 Å². The van der Waals surface area contributed by atoms with Crippen molar-refractivity contribution in [1.82, 2.24) is 5.32 Å². The zero-order chi connectivity index (χ0) is 11.5. The fourth-order valence-corrected chi connectivity index (χ4v) is 2.28. The molecule has 0 bridgehead atoms. The summed E-state index contributed by atoms with van der Waals surface area (Å²) in [6.07, 6.45) is 2.71. The number of nitrogens with zero attached hydrogens (tertiary/aromatic N) is 1. The first-order valence-electron chi connectivity index (χ1n) is 6.30. The van der Waals surface area contributed by atoms with Crippen molar-refractivity contribution in [1.29, 1.82) is 0 Å². The lowest BCUT2D eigenvalue weighted by Gasteiger charge is -2.27. The molecule has 2 rings (SSSR count). The Labute approximate surface area is 98.7 Å². The van der Waals surface area contributed by atoms with E-state index in [4.69, 9.17) is 0 Å². The van der Waals surface area contributed by atoms with Crippen molar-refractivity contribution in [3.63, 3.8) is 0 Å². The van der Waals surface area contributed by atoms with E-state index in [0.717, 1.165) is 12.6 Å². The molecule has 0 aromatic heterocycles. The standard InChI is InChI=1S/C14H22N2/c1-4-16(12-9-10-12)14-8-6-5-7-13(14)11(2)15-3/h5-8,11-12,15H,4,9-10H2,1-3H3. The summed E-state index contributed by atoms with van der Waals surface area (Å²) in [7, 11) is 2.02. The van der Waals surface area contributed by atoms with Crippen LogP contribution in [0.5, 0.6) is 0 Å². The lowest BCUT2D eigenvalue weighted by Crippen LogP contribution is -2.27. The van der Waals surface area contributed by atoms with Crippen LogP contribution in [0, 0.1) is 0 Å². The van der Waals surface area contributed by atoms with Gasteiger partial charge in [0.1, 0.15) is 0 Å². The molecule has 1 fully saturated rings. The Kier molecular flexibility index (Phi) is 3.49. The zero-order valence-electron chi connectivity index (χ0n) is 10.5. The van der Waals surface area contributed by atoms with Gasteiger partial charge in [-0.25, -0.2) is 0 Å². The van der Waals surface area contributed by atoms with Crippen molar-refractivity contribution in [2.45, 2.75) is 38.8 Å². The third-order valence-corrected chi connectivity index (χ3v) is 3.47. The van der Waals surface area contributed by atoms with Crippen LogP contribution in [0.2, 0.25) is 0 Å². The van der Waals surface area contributed by atoms with Crippen LogP contribution in [0.1, 0.15) is 38.3 Å². The van der Waals surface area contributed by atoms with E-state index in [2.05, 4.69) is 48.3 Å². The Hall–Kier alpha value is -1.02. The predicted octanol–water partition coefficient (Wildman–Crippen LogP) is 2.96. The maximum absolute atomic E-state index is 3.33. The highest BCUT2D eigenvalue weighted by atomic mass is 15.2. The number of anilines is 1. The largest absolute Gasteiger partial charge is 0.369 e. The van der Waals surface area contributed by atoms with Crippen molar-refractivity contribution in [3.8, 4) is 0 Å². The molecule has 0 saturated heterocycles. The van der Waals surface area contributed by atoms with Crippen LogP contribution < -0.4 is 10.2 Å². The van der Waals surface area contributed by atoms with Gasteiger partial charge in [0.05, 0.1) is 0 Å². The van der Waals surface area contributed by atoms with Gasteiger partial charge in [0.15, 0.2) is 0 Å². The third-order valence-electron chi connectivity index (χ3n) is 3.47. The van der Waals surface area contributed by atoms with Gasteiger partial charge >= 0.3 is 0 Å². The highest BCUT2D eigenvalue weighted by Crippen LogP contribution is 2.35. The first kappa shape index (κ1) is 11.5. The van der Waals surface area contributed by atoms with Gasteiger partial charge in [0.25, 0.3) is 0 Å². The molecule has 2 heteroatoms. The first-order valence-corrected chi connectivity index (χ1v) is 6.30. The van der Waals surface area contributed by atoms with Gasteiger partial charge in [-0.2, -0.15) is 0 Å². The van der Waals surface area contributed by atoms with Crippen molar-refractivity contribution in [3.05, 3.63) is 29.8 Å². The Morgan fingerprint density at radius 2 is 2.06 bits per heavy atom. The van der Waals surface area contributed by atoms with Crippen LogP contribution >= 0.6 is 0 Å². The molecule has 1 aliphatic carbocycles. The molecule has 0 heterocycles. The molecule has 0 aliphatic heterocycles. The summed E-state index contributed by atoms with van der Waals surface area (Å²) < 4.78 is 0. The molecular weight excluding hydrogens is 196 g/mol. The van der Waals surface area contributed by atoms with Crippen LogP contribution in [0.4, 0.5) is 5.69 Å². The number of nitrogens with one attached hydrogen (secondary N) is 1. The number of rotatable bonds is 5. The van der Waals surface area contributed by atoms with Crippen LogP contribution in [0.3, 0.4) is 0 Å². The predicted molar refractivity (Wildman–Crippen MR) is 70.0 cm³/mol. The normalized spacial score (nSPS) is 17.2. The Balaban J connectivity index is 2.30. The fourth-order valence-electron chi connectivity index (χ4n) is 2.28. The van der Waals surface area contributed by atoms with E-state index < -0.39 is 0 Å². The molecule has 88 valence electrons. The molecule has 1 aromatic rings. The summed E-state index contributed by atoms with van der Waals surface area (Å²) >= 11 is 0. The molecule has 1 aromatic carbocycles. The quantitative estimate of drug-likeness (QED) is 0.817. The second kappa shape index (κ2) is 4.88. The number of hydrogen-bond donors (Lipinski definition) is 1. The zero-order valence-corrected chi connectivity index (χ0v) is 10.5. The van der Waals surface area contributed by atoms with Crippen molar-refractivity contribution in [2.24, 2.45) is 0 Å². The summed E-state index contributed by atoms with van der Waals surface area (Å²) in [6, 6.07) is 9.98. The minimum Gasteiger partial charge on any atom is -0.369 e. The van der Waals surface area contributed by atoms with Crippen molar-refractivity contribution in [2.75, 3.05) is 18.5 Å². The summed E-state index contributed by atoms with van der Waals surface area (Å²) in [4.78, 5) is 2.54. The van der Waals surface area contributed by atoms with Gasteiger partial charge < -0.3 is 10.2 Å². The molecular formula is C14H22N2. The summed E-state index contributed by atoms with van der Waals surface area (Å²) in [5.41, 5.74) is 2.83. The van der Waals surface area contributed by atoms with Gasteiger partial charge in [-0.1, -0.05) is 18.2 Å². The third kappa shape index (κ3) is 2.22. The summed E-state index contributed by atoms with van der Waals surface area (Å²) in [5, 5.41) is 3.33. The maximum atomic E-state index is 3.33. The lowest BCUT2D eigenvalue weighted by molar-refractivity contribution is 0.647. The molecule has 0 amide bonds. The van der Waals surface area contributed by atoms with Gasteiger partial charge in [0, 0.05) is 24.3 Å². The number of hydrogen-bond acceptors (Lipinski definition) is 2. The van der Waals surface area contributed by atoms with Crippen LogP contribution in [-0.2, 0) is 0 Å². The van der Waals surface area contributed by atoms with E-state index in [-0.39, 0.29) is 0 Å². The van der Waals surface area contributed by atoms with Gasteiger partial charge in [-0.3, -0.25) is 0 Å². The van der Waals surface area contributed by atoms with E-state index >= 15 is 0 Å². The average Bonchev–Trinajstić information content (AvgIpc) is 3.14. The smallest absolute Gasteiger partial charge is 0.0417 e. The van der Waals surface area contributed by atoms with E-state index in [1.54, 1.807) is 0 Å². The second-order valence-corrected chi connectivity index (χ2v) is 4.59. The van der Waals surface area contributed by atoms with E-state index in [1.165, 1.54) is 24.1 Å². The van der Waals surface area contributed by atoms with E-state index in [0.29, 0.717) is 6.04 Å². The SMILES string of the molecule is CCN(c1ccccc1C(C)NC)C1CC1. The lowest BCUT2D eigenvalue weighted by atomic mass is 10.1. The van der Waals surface area contributed by atoms with Gasteiger partial charge in [0.2, 0.25) is 0 Å². The average molecular weight is 218 g/mol. The highest BCUT2D eigenvalue weighted by Gasteiger charge is 2.29. The minimum atomic E-state index is 0.420. The van der Waals surface area contributed by atoms with Gasteiger partial charge in [-0.05, 0) is 45.4 Å². The number of benzene rings is 1. The summed E-state index contributed by atoms with van der Waals surface area (Å²) in [5.74, 6) is 0. The molecule has 1 unspecified atom stereocenters. The van der Waals surface area contributed by atoms with Crippen molar-refractivity contribution < 1.29 is 0 Å². The fraction of sp³-hybridized carbons (Fsp3) is 0.571. The van der Waals surface area contributed by atoms with Crippen LogP contribution in [-0.4, -0.2) is 19.6 Å².